The van der Waals surface area contributed by atoms with E-state index in [9.17, 15) is 0 Å². The molecule has 1 aliphatic rings. The first-order chi connectivity index (χ1) is 11.7. The second kappa shape index (κ2) is 8.46. The van der Waals surface area contributed by atoms with Gasteiger partial charge in [0, 0.05) is 0 Å². The third-order valence-electron chi connectivity index (χ3n) is 5.00. The predicted molar refractivity (Wildman–Crippen MR) is 98.1 cm³/mol. The van der Waals surface area contributed by atoms with Crippen LogP contribution in [0.2, 0.25) is 0 Å². The Balaban J connectivity index is 1.35. The number of benzene rings is 2. The fourth-order valence-corrected chi connectivity index (χ4v) is 3.39. The van der Waals surface area contributed by atoms with Crippen LogP contribution in [0.5, 0.6) is 0 Å². The van der Waals surface area contributed by atoms with Crippen molar-refractivity contribution < 1.29 is 9.47 Å². The fraction of sp³-hybridized carbons (Fsp3) is 0.455. The Hall–Kier alpha value is -1.64. The molecule has 0 aromatic heterocycles. The number of hydrogen-bond acceptors (Lipinski definition) is 2. The van der Waals surface area contributed by atoms with Gasteiger partial charge in [0.2, 0.25) is 0 Å². The summed E-state index contributed by atoms with van der Waals surface area (Å²) in [5.74, 6) is 0.693. The van der Waals surface area contributed by atoms with E-state index in [1.165, 1.54) is 35.1 Å². The van der Waals surface area contributed by atoms with Gasteiger partial charge >= 0.3 is 0 Å². The van der Waals surface area contributed by atoms with E-state index in [4.69, 9.17) is 9.47 Å². The number of hydrogen-bond donors (Lipinski definition) is 0. The van der Waals surface area contributed by atoms with Crippen molar-refractivity contribution in [2.24, 2.45) is 0 Å². The Kier molecular flexibility index (Phi) is 6.06. The van der Waals surface area contributed by atoms with Gasteiger partial charge in [-0.25, -0.2) is 0 Å². The summed E-state index contributed by atoms with van der Waals surface area (Å²) in [6.07, 6.45) is 5.04. The lowest BCUT2D eigenvalue weighted by atomic mass is 9.82. The average Bonchev–Trinajstić information content (AvgIpc) is 2.62. The molecule has 0 aliphatic heterocycles. The highest BCUT2D eigenvalue weighted by Gasteiger charge is 2.22. The normalized spacial score (nSPS) is 20.9. The molecule has 0 spiro atoms. The fourth-order valence-electron chi connectivity index (χ4n) is 3.39. The highest BCUT2D eigenvalue weighted by molar-refractivity contribution is 5.25. The maximum Gasteiger partial charge on any atom is 0.147 e. The van der Waals surface area contributed by atoms with Crippen molar-refractivity contribution in [3.63, 3.8) is 0 Å². The number of rotatable bonds is 6. The smallest absolute Gasteiger partial charge is 0.147 e. The summed E-state index contributed by atoms with van der Waals surface area (Å²) in [7, 11) is 0. The van der Waals surface area contributed by atoms with Crippen LogP contribution in [0.15, 0.2) is 48.5 Å². The van der Waals surface area contributed by atoms with Crippen LogP contribution in [0.4, 0.5) is 0 Å². The van der Waals surface area contributed by atoms with Gasteiger partial charge in [-0.2, -0.15) is 0 Å². The first-order valence-corrected chi connectivity index (χ1v) is 9.02. The summed E-state index contributed by atoms with van der Waals surface area (Å²) in [4.78, 5) is 0. The molecule has 0 radical (unpaired) electrons. The minimum Gasteiger partial charge on any atom is -0.352 e. The van der Waals surface area contributed by atoms with Gasteiger partial charge in [-0.3, -0.25) is 0 Å². The zero-order valence-electron chi connectivity index (χ0n) is 14.8. The molecule has 2 heteroatoms. The van der Waals surface area contributed by atoms with E-state index in [-0.39, 0.29) is 0 Å². The molecule has 0 heterocycles. The minimum atomic E-state index is 0.352. The maximum absolute atomic E-state index is 5.91. The maximum atomic E-state index is 5.91. The van der Waals surface area contributed by atoms with Gasteiger partial charge in [0.15, 0.2) is 0 Å². The predicted octanol–water partition coefficient (Wildman–Crippen LogP) is 5.52. The highest BCUT2D eigenvalue weighted by Crippen LogP contribution is 2.34. The van der Waals surface area contributed by atoms with Crippen LogP contribution in [0.1, 0.15) is 53.9 Å². The van der Waals surface area contributed by atoms with E-state index >= 15 is 0 Å². The second-order valence-corrected chi connectivity index (χ2v) is 7.00. The lowest BCUT2D eigenvalue weighted by Crippen LogP contribution is -2.22. The van der Waals surface area contributed by atoms with Crippen LogP contribution in [0.3, 0.4) is 0 Å². The van der Waals surface area contributed by atoms with Crippen LogP contribution in [-0.4, -0.2) is 12.9 Å². The van der Waals surface area contributed by atoms with Crippen molar-refractivity contribution in [1.29, 1.82) is 0 Å². The molecule has 3 rings (SSSR count). The van der Waals surface area contributed by atoms with E-state index in [0.717, 1.165) is 12.8 Å². The van der Waals surface area contributed by atoms with Gasteiger partial charge in [0.1, 0.15) is 6.79 Å². The lowest BCUT2D eigenvalue weighted by molar-refractivity contribution is -0.105. The van der Waals surface area contributed by atoms with Crippen molar-refractivity contribution in [1.82, 2.24) is 0 Å². The van der Waals surface area contributed by atoms with Crippen molar-refractivity contribution in [2.45, 2.75) is 58.2 Å². The highest BCUT2D eigenvalue weighted by atomic mass is 16.7. The lowest BCUT2D eigenvalue weighted by Gasteiger charge is -2.28. The van der Waals surface area contributed by atoms with E-state index in [1.54, 1.807) is 0 Å². The van der Waals surface area contributed by atoms with Gasteiger partial charge in [0.25, 0.3) is 0 Å². The first kappa shape index (κ1) is 17.2. The summed E-state index contributed by atoms with van der Waals surface area (Å²) >= 11 is 0. The van der Waals surface area contributed by atoms with Crippen LogP contribution in [0, 0.1) is 13.8 Å². The molecule has 1 aliphatic carbocycles. The molecule has 0 amide bonds. The standard InChI is InChI=1S/C22H28O2/c1-17-3-7-19(8-4-17)15-23-16-24-22-13-11-21(12-14-22)20-9-5-18(2)6-10-20/h3-10,21-22H,11-16H2,1-2H3. The molecule has 24 heavy (non-hydrogen) atoms. The van der Waals surface area contributed by atoms with E-state index in [0.29, 0.717) is 25.4 Å². The van der Waals surface area contributed by atoms with Crippen molar-refractivity contribution in [3.05, 3.63) is 70.8 Å². The molecule has 1 fully saturated rings. The van der Waals surface area contributed by atoms with E-state index in [2.05, 4.69) is 62.4 Å². The largest absolute Gasteiger partial charge is 0.352 e. The molecule has 0 bridgehead atoms. The van der Waals surface area contributed by atoms with Crippen molar-refractivity contribution >= 4 is 0 Å². The van der Waals surface area contributed by atoms with Crippen LogP contribution in [0.25, 0.3) is 0 Å². The zero-order valence-corrected chi connectivity index (χ0v) is 14.8. The van der Waals surface area contributed by atoms with Crippen LogP contribution in [-0.2, 0) is 16.1 Å². The van der Waals surface area contributed by atoms with Gasteiger partial charge in [0.05, 0.1) is 12.7 Å². The van der Waals surface area contributed by atoms with Crippen molar-refractivity contribution in [3.8, 4) is 0 Å². The van der Waals surface area contributed by atoms with E-state index in [1.807, 2.05) is 0 Å². The molecule has 0 N–H and O–H groups in total. The Bertz CT molecular complexity index is 607. The summed E-state index contributed by atoms with van der Waals surface area (Å²) in [5.41, 5.74) is 5.30. The van der Waals surface area contributed by atoms with Gasteiger partial charge < -0.3 is 9.47 Å². The Labute approximate surface area is 145 Å². The third-order valence-corrected chi connectivity index (χ3v) is 5.00. The Morgan fingerprint density at radius 3 is 2.00 bits per heavy atom. The molecule has 2 nitrogen and oxygen atoms in total. The van der Waals surface area contributed by atoms with Gasteiger partial charge in [-0.15, -0.1) is 0 Å². The molecule has 0 unspecified atom stereocenters. The first-order valence-electron chi connectivity index (χ1n) is 9.02. The monoisotopic (exact) mass is 324 g/mol. The topological polar surface area (TPSA) is 18.5 Å². The Morgan fingerprint density at radius 1 is 0.792 bits per heavy atom. The molecule has 128 valence electrons. The minimum absolute atomic E-state index is 0.352. The quantitative estimate of drug-likeness (QED) is 0.514. The summed E-state index contributed by atoms with van der Waals surface area (Å²) in [6.45, 7) is 5.26. The molecule has 0 saturated heterocycles. The van der Waals surface area contributed by atoms with Gasteiger partial charge in [-0.05, 0) is 56.6 Å². The average molecular weight is 324 g/mol. The molecule has 2 aromatic rings. The number of ether oxygens (including phenoxy) is 2. The molecule has 2 aromatic carbocycles. The SMILES string of the molecule is Cc1ccc(COCOC2CCC(c3ccc(C)cc3)CC2)cc1. The third kappa shape index (κ3) is 4.93. The summed E-state index contributed by atoms with van der Waals surface area (Å²) in [5, 5.41) is 0. The zero-order chi connectivity index (χ0) is 16.8. The summed E-state index contributed by atoms with van der Waals surface area (Å²) < 4.78 is 11.6. The second-order valence-electron chi connectivity index (χ2n) is 7.00. The van der Waals surface area contributed by atoms with Gasteiger partial charge in [-0.1, -0.05) is 59.7 Å². The number of aryl methyl sites for hydroxylation is 2. The molecular formula is C22H28O2. The molecular weight excluding hydrogens is 296 g/mol. The van der Waals surface area contributed by atoms with Crippen molar-refractivity contribution in [2.75, 3.05) is 6.79 Å². The molecule has 1 saturated carbocycles. The Morgan fingerprint density at radius 2 is 1.38 bits per heavy atom. The van der Waals surface area contributed by atoms with Crippen LogP contribution >= 0.6 is 0 Å². The van der Waals surface area contributed by atoms with E-state index < -0.39 is 0 Å². The summed E-state index contributed by atoms with van der Waals surface area (Å²) in [6, 6.07) is 17.5. The van der Waals surface area contributed by atoms with Crippen LogP contribution < -0.4 is 0 Å². The molecule has 0 atom stereocenters.